The van der Waals surface area contributed by atoms with Crippen molar-refractivity contribution >= 4 is 16.9 Å². The van der Waals surface area contributed by atoms with E-state index in [0.29, 0.717) is 13.0 Å². The molecule has 136 valence electrons. The molecule has 0 aliphatic carbocycles. The van der Waals surface area contributed by atoms with Gasteiger partial charge < -0.3 is 15.0 Å². The second-order valence-corrected chi connectivity index (χ2v) is 6.03. The number of methoxy groups -OCH3 is 1. The van der Waals surface area contributed by atoms with Gasteiger partial charge >= 0.3 is 5.97 Å². The summed E-state index contributed by atoms with van der Waals surface area (Å²) in [5, 5.41) is 1.07. The maximum Gasteiger partial charge on any atom is 0.359 e. The van der Waals surface area contributed by atoms with E-state index in [1.165, 1.54) is 7.11 Å². The van der Waals surface area contributed by atoms with Crippen molar-refractivity contribution in [2.45, 2.75) is 19.0 Å². The lowest BCUT2D eigenvalue weighted by molar-refractivity contribution is -0.256. The van der Waals surface area contributed by atoms with Crippen LogP contribution in [-0.2, 0) is 27.5 Å². The van der Waals surface area contributed by atoms with Crippen LogP contribution in [0, 0.1) is 0 Å². The third-order valence-electron chi connectivity index (χ3n) is 4.27. The Morgan fingerprint density at radius 1 is 1.15 bits per heavy atom. The van der Waals surface area contributed by atoms with Gasteiger partial charge in [-0.2, -0.15) is 4.89 Å². The lowest BCUT2D eigenvalue weighted by Gasteiger charge is -2.08. The van der Waals surface area contributed by atoms with Crippen LogP contribution in [0.4, 0.5) is 0 Å². The summed E-state index contributed by atoms with van der Waals surface area (Å²) in [7, 11) is 2.94. The number of para-hydroxylation sites is 1. The molecule has 2 aromatic carbocycles. The molecule has 0 bridgehead atoms. The summed E-state index contributed by atoms with van der Waals surface area (Å²) >= 11 is 0. The molecule has 0 saturated carbocycles. The van der Waals surface area contributed by atoms with Crippen LogP contribution in [0.3, 0.4) is 0 Å². The van der Waals surface area contributed by atoms with Crippen LogP contribution >= 0.6 is 0 Å². The van der Waals surface area contributed by atoms with E-state index in [9.17, 15) is 4.79 Å². The van der Waals surface area contributed by atoms with E-state index >= 15 is 0 Å². The highest BCUT2D eigenvalue weighted by molar-refractivity contribution is 5.85. The number of hydrogen-bond donors (Lipinski definition) is 1. The number of ether oxygens (including phenoxy) is 1. The molecule has 0 fully saturated rings. The van der Waals surface area contributed by atoms with Gasteiger partial charge in [0.1, 0.15) is 11.8 Å². The first-order valence-electron chi connectivity index (χ1n) is 8.32. The Bertz CT molecular complexity index is 904. The number of nitrogens with two attached hydrogens (primary N) is 1. The van der Waals surface area contributed by atoms with Gasteiger partial charge in [-0.1, -0.05) is 30.3 Å². The fourth-order valence-electron chi connectivity index (χ4n) is 3.05. The van der Waals surface area contributed by atoms with Gasteiger partial charge in [-0.25, -0.2) is 4.79 Å². The fourth-order valence-corrected chi connectivity index (χ4v) is 3.05. The first-order chi connectivity index (χ1) is 12.6. The molecule has 1 atom stereocenters. The first kappa shape index (κ1) is 18.0. The number of fused-ring (bicyclic) bond motifs is 1. The number of carbonyl (C=O) groups is 1. The lowest BCUT2D eigenvalue weighted by Crippen LogP contribution is -2.34. The molecule has 26 heavy (non-hydrogen) atoms. The predicted molar refractivity (Wildman–Crippen MR) is 98.8 cm³/mol. The summed E-state index contributed by atoms with van der Waals surface area (Å²) in [6.07, 6.45) is 2.40. The Balaban J connectivity index is 1.90. The van der Waals surface area contributed by atoms with Gasteiger partial charge in [0.15, 0.2) is 0 Å². The monoisotopic (exact) mass is 354 g/mol. The average molecular weight is 354 g/mol. The van der Waals surface area contributed by atoms with Gasteiger partial charge in [-0.3, -0.25) is 4.89 Å². The Hall–Kier alpha value is -2.83. The van der Waals surface area contributed by atoms with Crippen molar-refractivity contribution in [3.63, 3.8) is 0 Å². The van der Waals surface area contributed by atoms with Crippen molar-refractivity contribution in [3.8, 4) is 5.75 Å². The molecule has 0 unspecified atom stereocenters. The molecule has 6 heteroatoms. The highest BCUT2D eigenvalue weighted by atomic mass is 17.2. The summed E-state index contributed by atoms with van der Waals surface area (Å²) in [6.45, 7) is 0.690. The van der Waals surface area contributed by atoms with Crippen LogP contribution in [-0.4, -0.2) is 30.8 Å². The molecule has 3 aromatic rings. The van der Waals surface area contributed by atoms with E-state index in [0.717, 1.165) is 27.8 Å². The van der Waals surface area contributed by atoms with Crippen LogP contribution in [0.2, 0.25) is 0 Å². The van der Waals surface area contributed by atoms with Gasteiger partial charge in [0, 0.05) is 30.1 Å². The second-order valence-electron chi connectivity index (χ2n) is 6.03. The largest absolute Gasteiger partial charge is 0.497 e. The Labute approximate surface area is 152 Å². The second kappa shape index (κ2) is 8.03. The maximum absolute atomic E-state index is 11.8. The SMILES string of the molecule is COOC(=O)[C@@H](N)Cc1cn(Cc2cccc(OC)c2)c2ccccc12. The van der Waals surface area contributed by atoms with E-state index in [2.05, 4.69) is 26.5 Å². The van der Waals surface area contributed by atoms with Crippen LogP contribution < -0.4 is 10.5 Å². The molecule has 0 aliphatic heterocycles. The smallest absolute Gasteiger partial charge is 0.359 e. The van der Waals surface area contributed by atoms with E-state index in [1.807, 2.05) is 42.6 Å². The van der Waals surface area contributed by atoms with Crippen molar-refractivity contribution in [1.82, 2.24) is 4.57 Å². The molecule has 3 rings (SSSR count). The van der Waals surface area contributed by atoms with Crippen molar-refractivity contribution in [3.05, 3.63) is 65.9 Å². The van der Waals surface area contributed by atoms with Crippen LogP contribution in [0.15, 0.2) is 54.7 Å². The molecular formula is C20H22N2O4. The van der Waals surface area contributed by atoms with E-state index in [-0.39, 0.29) is 0 Å². The van der Waals surface area contributed by atoms with Crippen molar-refractivity contribution in [2.75, 3.05) is 14.2 Å². The Kier molecular flexibility index (Phi) is 5.55. The maximum atomic E-state index is 11.8. The van der Waals surface area contributed by atoms with E-state index < -0.39 is 12.0 Å². The molecule has 1 aromatic heterocycles. The summed E-state index contributed by atoms with van der Waals surface area (Å²) in [6, 6.07) is 15.2. The highest BCUT2D eigenvalue weighted by Gasteiger charge is 2.19. The van der Waals surface area contributed by atoms with E-state index in [1.54, 1.807) is 7.11 Å². The van der Waals surface area contributed by atoms with Gasteiger partial charge in [-0.05, 0) is 29.3 Å². The number of aromatic nitrogens is 1. The van der Waals surface area contributed by atoms with E-state index in [4.69, 9.17) is 10.5 Å². The number of rotatable bonds is 7. The standard InChI is InChI=1S/C20H22N2O4/c1-24-16-7-5-6-14(10-16)12-22-13-15(11-18(21)20(23)26-25-2)17-8-3-4-9-19(17)22/h3-10,13,18H,11-12,21H2,1-2H3/t18-/m0/s1. The zero-order chi connectivity index (χ0) is 18.5. The molecular weight excluding hydrogens is 332 g/mol. The number of benzene rings is 2. The fraction of sp³-hybridized carbons (Fsp3) is 0.250. The molecule has 0 aliphatic rings. The molecule has 1 heterocycles. The summed E-state index contributed by atoms with van der Waals surface area (Å²) in [5.41, 5.74) is 9.14. The number of hydrogen-bond acceptors (Lipinski definition) is 5. The molecule has 0 spiro atoms. The zero-order valence-electron chi connectivity index (χ0n) is 14.8. The minimum atomic E-state index is -0.786. The molecule has 2 N–H and O–H groups in total. The molecule has 0 saturated heterocycles. The van der Waals surface area contributed by atoms with Crippen molar-refractivity contribution in [1.29, 1.82) is 0 Å². The van der Waals surface area contributed by atoms with Crippen molar-refractivity contribution < 1.29 is 19.3 Å². The van der Waals surface area contributed by atoms with Crippen LogP contribution in [0.25, 0.3) is 10.9 Å². The molecule has 0 radical (unpaired) electrons. The topological polar surface area (TPSA) is 75.7 Å². The van der Waals surface area contributed by atoms with Crippen LogP contribution in [0.1, 0.15) is 11.1 Å². The van der Waals surface area contributed by atoms with Gasteiger partial charge in [0.2, 0.25) is 0 Å². The summed E-state index contributed by atoms with van der Waals surface area (Å²) < 4.78 is 7.44. The number of carbonyl (C=O) groups excluding carboxylic acids is 1. The quantitative estimate of drug-likeness (QED) is 0.521. The third kappa shape index (κ3) is 3.87. The third-order valence-corrected chi connectivity index (χ3v) is 4.27. The Morgan fingerprint density at radius 3 is 2.73 bits per heavy atom. The van der Waals surface area contributed by atoms with Gasteiger partial charge in [0.05, 0.1) is 14.2 Å². The molecule has 0 amide bonds. The van der Waals surface area contributed by atoms with Crippen molar-refractivity contribution in [2.24, 2.45) is 5.73 Å². The summed E-state index contributed by atoms with van der Waals surface area (Å²) in [5.74, 6) is 0.237. The normalized spacial score (nSPS) is 12.1. The minimum absolute atomic E-state index is 0.369. The number of nitrogens with zero attached hydrogens (tertiary/aromatic N) is 1. The van der Waals surface area contributed by atoms with Crippen LogP contribution in [0.5, 0.6) is 5.75 Å². The van der Waals surface area contributed by atoms with Gasteiger partial charge in [0.25, 0.3) is 0 Å². The lowest BCUT2D eigenvalue weighted by atomic mass is 10.1. The van der Waals surface area contributed by atoms with Gasteiger partial charge in [-0.15, -0.1) is 0 Å². The summed E-state index contributed by atoms with van der Waals surface area (Å²) in [4.78, 5) is 20.7. The minimum Gasteiger partial charge on any atom is -0.497 e. The zero-order valence-corrected chi connectivity index (χ0v) is 14.8. The first-order valence-corrected chi connectivity index (χ1v) is 8.32. The highest BCUT2D eigenvalue weighted by Crippen LogP contribution is 2.24. The predicted octanol–water partition coefficient (Wildman–Crippen LogP) is 2.67. The Morgan fingerprint density at radius 2 is 1.96 bits per heavy atom. The molecule has 6 nitrogen and oxygen atoms in total. The average Bonchev–Trinajstić information content (AvgIpc) is 2.99.